The molecule has 4 nitrogen and oxygen atoms in total. The smallest absolute Gasteiger partial charge is 0.238 e. The van der Waals surface area contributed by atoms with E-state index in [0.717, 1.165) is 36.8 Å². The molecule has 2 N–H and O–H groups in total. The molecule has 19 heavy (non-hydrogen) atoms. The highest BCUT2D eigenvalue weighted by atomic mass is 16.2. The highest BCUT2D eigenvalue weighted by Gasteiger charge is 2.36. The van der Waals surface area contributed by atoms with E-state index in [-0.39, 0.29) is 5.91 Å². The fraction of sp³-hybridized carbons (Fsp3) is 0.533. The van der Waals surface area contributed by atoms with Gasteiger partial charge in [-0.1, -0.05) is 12.1 Å². The van der Waals surface area contributed by atoms with Gasteiger partial charge in [-0.15, -0.1) is 0 Å². The number of hydrogen-bond acceptors (Lipinski definition) is 3. The van der Waals surface area contributed by atoms with Crippen LogP contribution in [0.5, 0.6) is 0 Å². The maximum absolute atomic E-state index is 12.0. The van der Waals surface area contributed by atoms with Crippen LogP contribution in [0.2, 0.25) is 0 Å². The number of aryl methyl sites for hydroxylation is 1. The van der Waals surface area contributed by atoms with Crippen LogP contribution >= 0.6 is 0 Å². The zero-order valence-electron chi connectivity index (χ0n) is 11.4. The van der Waals surface area contributed by atoms with Gasteiger partial charge in [0, 0.05) is 24.8 Å². The SMILES string of the molecule is Cc1cccc(NC(=O)CN2C[C@@H]3CCN[C@@H]3C2)c1. The summed E-state index contributed by atoms with van der Waals surface area (Å²) in [6, 6.07) is 8.54. The molecule has 0 unspecified atom stereocenters. The van der Waals surface area contributed by atoms with Crippen molar-refractivity contribution in [3.05, 3.63) is 29.8 Å². The van der Waals surface area contributed by atoms with Crippen molar-refractivity contribution < 1.29 is 4.79 Å². The van der Waals surface area contributed by atoms with Gasteiger partial charge in [-0.2, -0.15) is 0 Å². The molecule has 2 atom stereocenters. The van der Waals surface area contributed by atoms with E-state index in [4.69, 9.17) is 0 Å². The summed E-state index contributed by atoms with van der Waals surface area (Å²) in [6.07, 6.45) is 1.25. The molecule has 3 rings (SSSR count). The summed E-state index contributed by atoms with van der Waals surface area (Å²) >= 11 is 0. The molecular weight excluding hydrogens is 238 g/mol. The van der Waals surface area contributed by atoms with Crippen molar-refractivity contribution in [1.82, 2.24) is 10.2 Å². The summed E-state index contributed by atoms with van der Waals surface area (Å²) in [5, 5.41) is 6.48. The summed E-state index contributed by atoms with van der Waals surface area (Å²) < 4.78 is 0. The van der Waals surface area contributed by atoms with Gasteiger partial charge in [0.25, 0.3) is 0 Å². The minimum absolute atomic E-state index is 0.0885. The van der Waals surface area contributed by atoms with Crippen LogP contribution in [0.25, 0.3) is 0 Å². The zero-order valence-corrected chi connectivity index (χ0v) is 11.4. The lowest BCUT2D eigenvalue weighted by molar-refractivity contribution is -0.117. The minimum Gasteiger partial charge on any atom is -0.325 e. The lowest BCUT2D eigenvalue weighted by Crippen LogP contribution is -2.35. The molecule has 0 aliphatic carbocycles. The standard InChI is InChI=1S/C15H21N3O/c1-11-3-2-4-13(7-11)17-15(19)10-18-8-12-5-6-16-14(12)9-18/h2-4,7,12,14,16H,5-6,8-10H2,1H3,(H,17,19)/t12-,14+/m0/s1. The maximum Gasteiger partial charge on any atom is 0.238 e. The number of benzene rings is 1. The van der Waals surface area contributed by atoms with Crippen LogP contribution in [-0.2, 0) is 4.79 Å². The minimum atomic E-state index is 0.0885. The second-order valence-electron chi connectivity index (χ2n) is 5.72. The summed E-state index contributed by atoms with van der Waals surface area (Å²) in [5.41, 5.74) is 2.06. The molecule has 0 spiro atoms. The van der Waals surface area contributed by atoms with Gasteiger partial charge >= 0.3 is 0 Å². The van der Waals surface area contributed by atoms with E-state index in [9.17, 15) is 4.79 Å². The van der Waals surface area contributed by atoms with Crippen LogP contribution in [0.3, 0.4) is 0 Å². The van der Waals surface area contributed by atoms with E-state index in [1.54, 1.807) is 0 Å². The fourth-order valence-electron chi connectivity index (χ4n) is 3.19. The quantitative estimate of drug-likeness (QED) is 0.858. The van der Waals surface area contributed by atoms with Crippen molar-refractivity contribution in [2.24, 2.45) is 5.92 Å². The first-order chi connectivity index (χ1) is 9.20. The highest BCUT2D eigenvalue weighted by Crippen LogP contribution is 2.24. The van der Waals surface area contributed by atoms with Gasteiger partial charge in [0.15, 0.2) is 0 Å². The number of carbonyl (C=O) groups excluding carboxylic acids is 1. The third-order valence-electron chi connectivity index (χ3n) is 4.11. The normalized spacial score (nSPS) is 26.4. The van der Waals surface area contributed by atoms with Gasteiger partial charge in [-0.25, -0.2) is 0 Å². The second kappa shape index (κ2) is 5.31. The van der Waals surface area contributed by atoms with Crippen molar-refractivity contribution in [1.29, 1.82) is 0 Å². The fourth-order valence-corrected chi connectivity index (χ4v) is 3.19. The molecule has 2 aliphatic rings. The Morgan fingerprint density at radius 3 is 3.16 bits per heavy atom. The van der Waals surface area contributed by atoms with E-state index in [1.807, 2.05) is 31.2 Å². The molecule has 0 radical (unpaired) electrons. The van der Waals surface area contributed by atoms with E-state index < -0.39 is 0 Å². The first kappa shape index (κ1) is 12.6. The molecule has 1 aromatic rings. The van der Waals surface area contributed by atoms with E-state index >= 15 is 0 Å². The topological polar surface area (TPSA) is 44.4 Å². The van der Waals surface area contributed by atoms with E-state index in [1.165, 1.54) is 6.42 Å². The first-order valence-electron chi connectivity index (χ1n) is 7.03. The molecule has 2 saturated heterocycles. The van der Waals surface area contributed by atoms with E-state index in [2.05, 4.69) is 15.5 Å². The maximum atomic E-state index is 12.0. The molecule has 2 aliphatic heterocycles. The Balaban J connectivity index is 1.52. The number of fused-ring (bicyclic) bond motifs is 1. The van der Waals surface area contributed by atoms with Crippen molar-refractivity contribution in [3.8, 4) is 0 Å². The third kappa shape index (κ3) is 2.96. The molecule has 1 aromatic carbocycles. The van der Waals surface area contributed by atoms with Crippen LogP contribution < -0.4 is 10.6 Å². The lowest BCUT2D eigenvalue weighted by Gasteiger charge is -2.16. The number of amides is 1. The number of nitrogens with one attached hydrogen (secondary N) is 2. The Hall–Kier alpha value is -1.39. The Morgan fingerprint density at radius 2 is 2.37 bits per heavy atom. The van der Waals surface area contributed by atoms with Crippen LogP contribution in [0, 0.1) is 12.8 Å². The molecule has 2 heterocycles. The average Bonchev–Trinajstić information content (AvgIpc) is 2.89. The number of carbonyl (C=O) groups is 1. The van der Waals surface area contributed by atoms with Crippen molar-refractivity contribution in [2.75, 3.05) is 31.5 Å². The van der Waals surface area contributed by atoms with Crippen LogP contribution in [0.15, 0.2) is 24.3 Å². The number of hydrogen-bond donors (Lipinski definition) is 2. The molecule has 0 aromatic heterocycles. The van der Waals surface area contributed by atoms with Gasteiger partial charge in [0.05, 0.1) is 6.54 Å². The third-order valence-corrected chi connectivity index (χ3v) is 4.11. The predicted molar refractivity (Wildman–Crippen MR) is 76.1 cm³/mol. The Kier molecular flexibility index (Phi) is 3.53. The molecule has 0 saturated carbocycles. The van der Waals surface area contributed by atoms with Gasteiger partial charge in [0.2, 0.25) is 5.91 Å². The van der Waals surface area contributed by atoms with Crippen LogP contribution in [0.1, 0.15) is 12.0 Å². The molecule has 0 bridgehead atoms. The lowest BCUT2D eigenvalue weighted by atomic mass is 10.1. The number of likely N-dealkylation sites (tertiary alicyclic amines) is 1. The summed E-state index contributed by atoms with van der Waals surface area (Å²) in [5.74, 6) is 0.831. The Bertz CT molecular complexity index is 462. The number of anilines is 1. The van der Waals surface area contributed by atoms with Crippen molar-refractivity contribution >= 4 is 11.6 Å². The highest BCUT2D eigenvalue weighted by molar-refractivity contribution is 5.92. The molecule has 1 amide bonds. The molecule has 4 heteroatoms. The van der Waals surface area contributed by atoms with Gasteiger partial charge in [-0.05, 0) is 43.5 Å². The molecular formula is C15H21N3O. The number of nitrogens with zero attached hydrogens (tertiary/aromatic N) is 1. The monoisotopic (exact) mass is 259 g/mol. The number of rotatable bonds is 3. The average molecular weight is 259 g/mol. The first-order valence-corrected chi connectivity index (χ1v) is 7.03. The summed E-state index contributed by atoms with van der Waals surface area (Å²) in [7, 11) is 0. The second-order valence-corrected chi connectivity index (χ2v) is 5.72. The van der Waals surface area contributed by atoms with Gasteiger partial charge in [0.1, 0.15) is 0 Å². The van der Waals surface area contributed by atoms with Gasteiger partial charge < -0.3 is 10.6 Å². The summed E-state index contributed by atoms with van der Waals surface area (Å²) in [6.45, 7) is 5.73. The largest absolute Gasteiger partial charge is 0.325 e. The summed E-state index contributed by atoms with van der Waals surface area (Å²) in [4.78, 5) is 14.3. The van der Waals surface area contributed by atoms with E-state index in [0.29, 0.717) is 12.6 Å². The van der Waals surface area contributed by atoms with Gasteiger partial charge in [-0.3, -0.25) is 9.69 Å². The van der Waals surface area contributed by atoms with Crippen LogP contribution in [-0.4, -0.2) is 43.0 Å². The molecule has 2 fully saturated rings. The Morgan fingerprint density at radius 1 is 1.47 bits per heavy atom. The van der Waals surface area contributed by atoms with Crippen molar-refractivity contribution in [2.45, 2.75) is 19.4 Å². The molecule has 102 valence electrons. The zero-order chi connectivity index (χ0) is 13.2. The predicted octanol–water partition coefficient (Wildman–Crippen LogP) is 1.23. The van der Waals surface area contributed by atoms with Crippen LogP contribution in [0.4, 0.5) is 5.69 Å². The Labute approximate surface area is 114 Å². The van der Waals surface area contributed by atoms with Crippen molar-refractivity contribution in [3.63, 3.8) is 0 Å².